The normalized spacial score (nSPS) is 10.0. The maximum absolute atomic E-state index is 10.8. The molecule has 0 saturated carbocycles. The molecule has 0 heterocycles. The summed E-state index contributed by atoms with van der Waals surface area (Å²) in [5.74, 6) is 0. The van der Waals surface area contributed by atoms with E-state index in [0.717, 1.165) is 23.0 Å². The number of hydrogen-bond donors (Lipinski definition) is 0. The average molecular weight is 162 g/mol. The summed E-state index contributed by atoms with van der Waals surface area (Å²) in [6.07, 6.45) is 0.949. The van der Waals surface area contributed by atoms with Gasteiger partial charge in [0.25, 0.3) is 0 Å². The SMILES string of the molecule is Cc1cc(C)c(C)c(C=O)c1C. The zero-order valence-corrected chi connectivity index (χ0v) is 8.06. The van der Waals surface area contributed by atoms with Crippen LogP contribution in [0.1, 0.15) is 32.6 Å². The first kappa shape index (κ1) is 8.98. The minimum atomic E-state index is 0.854. The highest BCUT2D eigenvalue weighted by Crippen LogP contribution is 2.19. The van der Waals surface area contributed by atoms with E-state index in [1.54, 1.807) is 0 Å². The van der Waals surface area contributed by atoms with Gasteiger partial charge in [0.2, 0.25) is 0 Å². The van der Waals surface area contributed by atoms with E-state index in [4.69, 9.17) is 0 Å². The van der Waals surface area contributed by atoms with E-state index in [1.165, 1.54) is 11.1 Å². The van der Waals surface area contributed by atoms with E-state index < -0.39 is 0 Å². The Balaban J connectivity index is 3.52. The quantitative estimate of drug-likeness (QED) is 0.580. The van der Waals surface area contributed by atoms with Gasteiger partial charge >= 0.3 is 0 Å². The van der Waals surface area contributed by atoms with E-state index in [2.05, 4.69) is 6.07 Å². The van der Waals surface area contributed by atoms with Crippen molar-refractivity contribution < 1.29 is 4.79 Å². The second-order valence-corrected chi connectivity index (χ2v) is 3.29. The van der Waals surface area contributed by atoms with Crippen molar-refractivity contribution in [2.75, 3.05) is 0 Å². The van der Waals surface area contributed by atoms with Crippen LogP contribution >= 0.6 is 0 Å². The summed E-state index contributed by atoms with van der Waals surface area (Å²) in [4.78, 5) is 10.8. The number of rotatable bonds is 1. The van der Waals surface area contributed by atoms with Gasteiger partial charge in [0.1, 0.15) is 0 Å². The van der Waals surface area contributed by atoms with Gasteiger partial charge in [-0.3, -0.25) is 4.79 Å². The molecule has 64 valence electrons. The Morgan fingerprint density at radius 2 is 1.42 bits per heavy atom. The summed E-state index contributed by atoms with van der Waals surface area (Å²) in [5, 5.41) is 0. The molecule has 1 aromatic rings. The molecule has 0 aliphatic heterocycles. The molecule has 0 saturated heterocycles. The van der Waals surface area contributed by atoms with Gasteiger partial charge in [0.05, 0.1) is 0 Å². The molecule has 0 fully saturated rings. The first-order valence-electron chi connectivity index (χ1n) is 4.10. The lowest BCUT2D eigenvalue weighted by Crippen LogP contribution is -1.97. The number of aryl methyl sites for hydroxylation is 2. The maximum atomic E-state index is 10.8. The van der Waals surface area contributed by atoms with Gasteiger partial charge in [-0.25, -0.2) is 0 Å². The van der Waals surface area contributed by atoms with E-state index in [1.807, 2.05) is 27.7 Å². The van der Waals surface area contributed by atoms with Gasteiger partial charge in [-0.2, -0.15) is 0 Å². The summed E-state index contributed by atoms with van der Waals surface area (Å²) in [6, 6.07) is 2.12. The third-order valence-corrected chi connectivity index (χ3v) is 2.54. The van der Waals surface area contributed by atoms with Crippen molar-refractivity contribution in [2.45, 2.75) is 27.7 Å². The molecule has 0 aromatic heterocycles. The molecule has 0 spiro atoms. The molecule has 0 N–H and O–H groups in total. The summed E-state index contributed by atoms with van der Waals surface area (Å²) >= 11 is 0. The van der Waals surface area contributed by atoms with Gasteiger partial charge < -0.3 is 0 Å². The van der Waals surface area contributed by atoms with E-state index in [0.29, 0.717) is 0 Å². The van der Waals surface area contributed by atoms with Crippen molar-refractivity contribution in [1.82, 2.24) is 0 Å². The molecule has 12 heavy (non-hydrogen) atoms. The Bertz CT molecular complexity index is 298. The molecular formula is C11H14O. The number of benzene rings is 1. The molecule has 0 bridgehead atoms. The standard InChI is InChI=1S/C11H14O/c1-7-5-8(2)10(4)11(6-12)9(7)3/h5-6H,1-4H3. The monoisotopic (exact) mass is 162 g/mol. The van der Waals surface area contributed by atoms with Crippen LogP contribution in [0.3, 0.4) is 0 Å². The summed E-state index contributed by atoms with van der Waals surface area (Å²) in [6.45, 7) is 8.06. The largest absolute Gasteiger partial charge is 0.298 e. The topological polar surface area (TPSA) is 17.1 Å². The Labute approximate surface area is 73.4 Å². The fraction of sp³-hybridized carbons (Fsp3) is 0.364. The summed E-state index contributed by atoms with van der Waals surface area (Å²) in [7, 11) is 0. The van der Waals surface area contributed by atoms with Crippen molar-refractivity contribution >= 4 is 6.29 Å². The van der Waals surface area contributed by atoms with Crippen LogP contribution < -0.4 is 0 Å². The van der Waals surface area contributed by atoms with Crippen LogP contribution in [0, 0.1) is 27.7 Å². The second-order valence-electron chi connectivity index (χ2n) is 3.29. The Hall–Kier alpha value is -1.11. The number of carbonyl (C=O) groups excluding carboxylic acids is 1. The highest BCUT2D eigenvalue weighted by Gasteiger charge is 2.06. The van der Waals surface area contributed by atoms with Gasteiger partial charge in [0, 0.05) is 5.56 Å². The van der Waals surface area contributed by atoms with Crippen molar-refractivity contribution in [1.29, 1.82) is 0 Å². The minimum Gasteiger partial charge on any atom is -0.298 e. The highest BCUT2D eigenvalue weighted by molar-refractivity contribution is 5.80. The number of aldehydes is 1. The lowest BCUT2D eigenvalue weighted by molar-refractivity contribution is 0.112. The van der Waals surface area contributed by atoms with Gasteiger partial charge in [-0.1, -0.05) is 6.07 Å². The summed E-state index contributed by atoms with van der Waals surface area (Å²) < 4.78 is 0. The Kier molecular flexibility index (Phi) is 2.32. The molecule has 0 unspecified atom stereocenters. The minimum absolute atomic E-state index is 0.854. The highest BCUT2D eigenvalue weighted by atomic mass is 16.1. The predicted octanol–water partition coefficient (Wildman–Crippen LogP) is 2.73. The van der Waals surface area contributed by atoms with E-state index >= 15 is 0 Å². The fourth-order valence-electron chi connectivity index (χ4n) is 1.42. The van der Waals surface area contributed by atoms with Crippen molar-refractivity contribution in [3.8, 4) is 0 Å². The first-order valence-corrected chi connectivity index (χ1v) is 4.10. The van der Waals surface area contributed by atoms with Crippen molar-refractivity contribution in [3.05, 3.63) is 33.9 Å². The third-order valence-electron chi connectivity index (χ3n) is 2.54. The zero-order chi connectivity index (χ0) is 9.30. The third kappa shape index (κ3) is 1.27. The molecule has 0 radical (unpaired) electrons. The van der Waals surface area contributed by atoms with E-state index in [9.17, 15) is 4.79 Å². The van der Waals surface area contributed by atoms with Crippen LogP contribution in [0.15, 0.2) is 6.07 Å². The fourth-order valence-corrected chi connectivity index (χ4v) is 1.42. The van der Waals surface area contributed by atoms with Crippen LogP contribution in [0.4, 0.5) is 0 Å². The van der Waals surface area contributed by atoms with Crippen LogP contribution in [0.25, 0.3) is 0 Å². The lowest BCUT2D eigenvalue weighted by Gasteiger charge is -2.09. The molecule has 0 aliphatic carbocycles. The number of carbonyl (C=O) groups is 1. The van der Waals surface area contributed by atoms with E-state index in [-0.39, 0.29) is 0 Å². The first-order chi connectivity index (χ1) is 5.57. The van der Waals surface area contributed by atoms with Crippen LogP contribution in [0.2, 0.25) is 0 Å². The molecule has 1 heteroatoms. The molecule has 1 aromatic carbocycles. The van der Waals surface area contributed by atoms with Crippen LogP contribution in [-0.4, -0.2) is 6.29 Å². The molecule has 1 nitrogen and oxygen atoms in total. The van der Waals surface area contributed by atoms with Gasteiger partial charge in [-0.15, -0.1) is 0 Å². The zero-order valence-electron chi connectivity index (χ0n) is 8.06. The van der Waals surface area contributed by atoms with Gasteiger partial charge in [-0.05, 0) is 49.9 Å². The smallest absolute Gasteiger partial charge is 0.150 e. The second kappa shape index (κ2) is 3.10. The van der Waals surface area contributed by atoms with Crippen molar-refractivity contribution in [2.24, 2.45) is 0 Å². The number of hydrogen-bond acceptors (Lipinski definition) is 1. The van der Waals surface area contributed by atoms with Crippen LogP contribution in [-0.2, 0) is 0 Å². The van der Waals surface area contributed by atoms with Gasteiger partial charge in [0.15, 0.2) is 6.29 Å². The average Bonchev–Trinajstić information content (AvgIpc) is 2.02. The molecule has 0 atom stereocenters. The van der Waals surface area contributed by atoms with Crippen molar-refractivity contribution in [3.63, 3.8) is 0 Å². The molecular weight excluding hydrogens is 148 g/mol. The lowest BCUT2D eigenvalue weighted by atomic mass is 9.95. The maximum Gasteiger partial charge on any atom is 0.150 e. The Morgan fingerprint density at radius 3 is 1.75 bits per heavy atom. The predicted molar refractivity (Wildman–Crippen MR) is 50.8 cm³/mol. The molecule has 1 rings (SSSR count). The Morgan fingerprint density at radius 1 is 1.00 bits per heavy atom. The molecule has 0 aliphatic rings. The summed E-state index contributed by atoms with van der Waals surface area (Å²) in [5.41, 5.74) is 5.45. The van der Waals surface area contributed by atoms with Crippen LogP contribution in [0.5, 0.6) is 0 Å². The molecule has 0 amide bonds.